The van der Waals surface area contributed by atoms with E-state index in [9.17, 15) is 28.8 Å². The molecule has 0 aliphatic rings. The monoisotopic (exact) mass is 534 g/mol. The number of carbonyl (C=O) groups is 6. The van der Waals surface area contributed by atoms with E-state index in [4.69, 9.17) is 10.2 Å². The number of hydrogen-bond donors (Lipinski definition) is 4. The summed E-state index contributed by atoms with van der Waals surface area (Å²) in [6.07, 6.45) is -0.473. The number of carboxylic acids is 2. The van der Waals surface area contributed by atoms with Crippen molar-refractivity contribution in [1.29, 1.82) is 0 Å². The SMILES string of the molecule is CC(C)[C@@H](C(=O)NCCC(=O)O)N(C)C(=O)c1ccc(C(=O)N(C)[C@H](C(=O)NCCC(=O)O)C(C)C)cc1. The van der Waals surface area contributed by atoms with E-state index in [0.717, 1.165) is 0 Å². The van der Waals surface area contributed by atoms with Crippen LogP contribution in [0.15, 0.2) is 24.3 Å². The lowest BCUT2D eigenvalue weighted by molar-refractivity contribution is -0.138. The van der Waals surface area contributed by atoms with Crippen LogP contribution in [0, 0.1) is 11.8 Å². The number of likely N-dealkylation sites (N-methyl/N-ethyl adjacent to an activating group) is 2. The number of hydrogen-bond acceptors (Lipinski definition) is 6. The fraction of sp³-hybridized carbons (Fsp3) is 0.538. The van der Waals surface area contributed by atoms with E-state index in [0.29, 0.717) is 0 Å². The first-order valence-corrected chi connectivity index (χ1v) is 12.3. The normalized spacial score (nSPS) is 12.4. The van der Waals surface area contributed by atoms with Gasteiger partial charge in [0.2, 0.25) is 11.8 Å². The molecule has 0 radical (unpaired) electrons. The topological polar surface area (TPSA) is 173 Å². The first kappa shape index (κ1) is 32.1. The van der Waals surface area contributed by atoms with Gasteiger partial charge in [0, 0.05) is 38.3 Å². The Hall–Kier alpha value is -3.96. The molecule has 4 N–H and O–H groups in total. The molecule has 0 aromatic heterocycles. The lowest BCUT2D eigenvalue weighted by atomic mass is 9.99. The highest BCUT2D eigenvalue weighted by Crippen LogP contribution is 2.17. The molecule has 4 amide bonds. The molecule has 210 valence electrons. The van der Waals surface area contributed by atoms with Crippen molar-refractivity contribution in [1.82, 2.24) is 20.4 Å². The van der Waals surface area contributed by atoms with Crippen LogP contribution in [0.25, 0.3) is 0 Å². The minimum Gasteiger partial charge on any atom is -0.481 e. The Labute approximate surface area is 222 Å². The van der Waals surface area contributed by atoms with Gasteiger partial charge in [-0.2, -0.15) is 0 Å². The molecule has 0 saturated heterocycles. The Morgan fingerprint density at radius 2 is 0.947 bits per heavy atom. The second-order valence-corrected chi connectivity index (χ2v) is 9.66. The van der Waals surface area contributed by atoms with Crippen LogP contribution >= 0.6 is 0 Å². The van der Waals surface area contributed by atoms with Crippen molar-refractivity contribution < 1.29 is 39.0 Å². The Morgan fingerprint density at radius 1 is 0.658 bits per heavy atom. The van der Waals surface area contributed by atoms with Crippen molar-refractivity contribution in [2.45, 2.75) is 52.6 Å². The quantitative estimate of drug-likeness (QED) is 0.274. The fourth-order valence-electron chi connectivity index (χ4n) is 4.06. The third kappa shape index (κ3) is 9.16. The summed E-state index contributed by atoms with van der Waals surface area (Å²) < 4.78 is 0. The number of aliphatic carboxylic acids is 2. The van der Waals surface area contributed by atoms with E-state index in [1.807, 2.05) is 0 Å². The van der Waals surface area contributed by atoms with Crippen LogP contribution in [0.4, 0.5) is 0 Å². The molecule has 0 spiro atoms. The van der Waals surface area contributed by atoms with Gasteiger partial charge < -0.3 is 30.6 Å². The predicted octanol–water partition coefficient (Wildman–Crippen LogP) is 1.06. The van der Waals surface area contributed by atoms with E-state index in [1.54, 1.807) is 27.7 Å². The molecule has 0 saturated carbocycles. The van der Waals surface area contributed by atoms with Gasteiger partial charge in [-0.25, -0.2) is 0 Å². The van der Waals surface area contributed by atoms with Gasteiger partial charge in [0.05, 0.1) is 12.8 Å². The van der Waals surface area contributed by atoms with Crippen LogP contribution in [0.5, 0.6) is 0 Å². The van der Waals surface area contributed by atoms with Gasteiger partial charge in [-0.05, 0) is 36.1 Å². The summed E-state index contributed by atoms with van der Waals surface area (Å²) in [6.45, 7) is 6.96. The van der Waals surface area contributed by atoms with Crippen molar-refractivity contribution in [2.24, 2.45) is 11.8 Å². The number of rotatable bonds is 14. The first-order valence-electron chi connectivity index (χ1n) is 12.3. The molecule has 0 bridgehead atoms. The van der Waals surface area contributed by atoms with Gasteiger partial charge in [0.1, 0.15) is 12.1 Å². The minimum absolute atomic E-state index is 0.0568. The van der Waals surface area contributed by atoms with Crippen molar-refractivity contribution >= 4 is 35.6 Å². The van der Waals surface area contributed by atoms with Gasteiger partial charge >= 0.3 is 11.9 Å². The van der Waals surface area contributed by atoms with Gasteiger partial charge in [0.15, 0.2) is 0 Å². The number of benzene rings is 1. The molecule has 1 aromatic carbocycles. The maximum Gasteiger partial charge on any atom is 0.305 e. The Bertz CT molecular complexity index is 942. The van der Waals surface area contributed by atoms with Crippen molar-refractivity contribution in [3.63, 3.8) is 0 Å². The summed E-state index contributed by atoms with van der Waals surface area (Å²) in [5.41, 5.74) is 0.477. The second-order valence-electron chi connectivity index (χ2n) is 9.66. The summed E-state index contributed by atoms with van der Waals surface area (Å²) in [5.74, 6) is -4.44. The number of nitrogens with zero attached hydrogens (tertiary/aromatic N) is 2. The van der Waals surface area contributed by atoms with E-state index in [1.165, 1.54) is 48.2 Å². The number of carboxylic acid groups (broad SMARTS) is 2. The van der Waals surface area contributed by atoms with Gasteiger partial charge in [-0.1, -0.05) is 27.7 Å². The zero-order valence-corrected chi connectivity index (χ0v) is 22.7. The molecule has 0 heterocycles. The van der Waals surface area contributed by atoms with Gasteiger partial charge in [-0.3, -0.25) is 28.8 Å². The maximum atomic E-state index is 13.1. The van der Waals surface area contributed by atoms with Crippen LogP contribution in [-0.2, 0) is 19.2 Å². The number of amides is 4. The van der Waals surface area contributed by atoms with Crippen LogP contribution in [0.3, 0.4) is 0 Å². The van der Waals surface area contributed by atoms with Crippen LogP contribution in [0.1, 0.15) is 61.3 Å². The molecule has 0 aliphatic carbocycles. The number of nitrogens with one attached hydrogen (secondary N) is 2. The molecule has 0 aliphatic heterocycles. The summed E-state index contributed by atoms with van der Waals surface area (Å²) in [4.78, 5) is 75.4. The maximum absolute atomic E-state index is 13.1. The van der Waals surface area contributed by atoms with Crippen LogP contribution < -0.4 is 10.6 Å². The van der Waals surface area contributed by atoms with E-state index in [2.05, 4.69) is 10.6 Å². The Kier molecular flexibility index (Phi) is 12.4. The average molecular weight is 535 g/mol. The molecular weight excluding hydrogens is 496 g/mol. The lowest BCUT2D eigenvalue weighted by Crippen LogP contribution is -2.51. The van der Waals surface area contributed by atoms with Crippen LogP contribution in [0.2, 0.25) is 0 Å². The van der Waals surface area contributed by atoms with Crippen molar-refractivity contribution in [3.8, 4) is 0 Å². The molecule has 2 atom stereocenters. The molecule has 12 nitrogen and oxygen atoms in total. The smallest absolute Gasteiger partial charge is 0.305 e. The molecule has 1 rings (SSSR count). The highest BCUT2D eigenvalue weighted by Gasteiger charge is 2.32. The zero-order chi connectivity index (χ0) is 29.2. The summed E-state index contributed by atoms with van der Waals surface area (Å²) in [5, 5.41) is 22.6. The fourth-order valence-corrected chi connectivity index (χ4v) is 4.06. The summed E-state index contributed by atoms with van der Waals surface area (Å²) in [6, 6.07) is 4.15. The zero-order valence-electron chi connectivity index (χ0n) is 22.7. The molecule has 1 aromatic rings. The van der Waals surface area contributed by atoms with Gasteiger partial charge in [-0.15, -0.1) is 0 Å². The second kappa shape index (κ2) is 14.7. The molecule has 0 fully saturated rings. The highest BCUT2D eigenvalue weighted by atomic mass is 16.4. The highest BCUT2D eigenvalue weighted by molar-refractivity contribution is 6.00. The Balaban J connectivity index is 2.99. The van der Waals surface area contributed by atoms with Crippen molar-refractivity contribution in [3.05, 3.63) is 35.4 Å². The summed E-state index contributed by atoms with van der Waals surface area (Å²) in [7, 11) is 2.96. The molecular formula is C26H38N4O8. The summed E-state index contributed by atoms with van der Waals surface area (Å²) >= 11 is 0. The standard InChI is InChI=1S/C26H38N4O8/c1-15(2)21(23(35)27-13-11-19(31)32)29(5)25(37)17-7-9-18(10-8-17)26(38)30(6)22(16(3)4)24(36)28-14-12-20(33)34/h7-10,15-16,21-22H,11-14H2,1-6H3,(H,27,35)(H,28,36)(H,31,32)(H,33,34)/t21-,22-/m0/s1. The van der Waals surface area contributed by atoms with Gasteiger partial charge in [0.25, 0.3) is 11.8 Å². The Morgan fingerprint density at radius 3 is 1.18 bits per heavy atom. The van der Waals surface area contributed by atoms with E-state index < -0.39 is 47.7 Å². The molecule has 0 unspecified atom stereocenters. The largest absolute Gasteiger partial charge is 0.481 e. The number of carbonyl (C=O) groups excluding carboxylic acids is 4. The first-order chi connectivity index (χ1) is 17.7. The minimum atomic E-state index is -1.05. The average Bonchev–Trinajstić information content (AvgIpc) is 2.82. The van der Waals surface area contributed by atoms with E-state index in [-0.39, 0.29) is 48.9 Å². The van der Waals surface area contributed by atoms with Crippen LogP contribution in [-0.4, -0.2) is 94.8 Å². The van der Waals surface area contributed by atoms with Crippen molar-refractivity contribution in [2.75, 3.05) is 27.2 Å². The molecule has 38 heavy (non-hydrogen) atoms. The lowest BCUT2D eigenvalue weighted by Gasteiger charge is -2.31. The van der Waals surface area contributed by atoms with E-state index >= 15 is 0 Å². The third-order valence-electron chi connectivity index (χ3n) is 5.93. The molecule has 12 heteroatoms. The predicted molar refractivity (Wildman–Crippen MR) is 138 cm³/mol. The third-order valence-corrected chi connectivity index (χ3v) is 5.93.